The van der Waals surface area contributed by atoms with Crippen LogP contribution in [0.25, 0.3) is 10.9 Å². The van der Waals surface area contributed by atoms with E-state index in [2.05, 4.69) is 10.3 Å². The Hall–Kier alpha value is -1.95. The van der Waals surface area contributed by atoms with Crippen LogP contribution in [0.4, 0.5) is 8.78 Å². The highest BCUT2D eigenvalue weighted by Crippen LogP contribution is 2.17. The topological polar surface area (TPSA) is 65.1 Å². The van der Waals surface area contributed by atoms with Crippen LogP contribution in [-0.4, -0.2) is 35.1 Å². The molecule has 0 saturated heterocycles. The molecule has 2 aromatic rings. The molecule has 1 aromatic carbocycles. The number of aromatic amines is 1. The summed E-state index contributed by atoms with van der Waals surface area (Å²) in [5.74, 6) is -0.486. The maximum atomic E-state index is 12.1. The molecule has 0 saturated carbocycles. The van der Waals surface area contributed by atoms with Gasteiger partial charge in [0.1, 0.15) is 6.10 Å². The van der Waals surface area contributed by atoms with Crippen molar-refractivity contribution >= 4 is 16.8 Å². The fourth-order valence-electron chi connectivity index (χ4n) is 1.66. The molecule has 1 atom stereocenters. The molecule has 0 fully saturated rings. The first-order chi connectivity index (χ1) is 8.59. The molecule has 18 heavy (non-hydrogen) atoms. The molecule has 0 aliphatic carbocycles. The van der Waals surface area contributed by atoms with E-state index in [1.54, 1.807) is 30.5 Å². The van der Waals surface area contributed by atoms with E-state index in [0.717, 1.165) is 5.52 Å². The van der Waals surface area contributed by atoms with Crippen LogP contribution in [0, 0.1) is 0 Å². The Labute approximate surface area is 102 Å². The van der Waals surface area contributed by atoms with Gasteiger partial charge in [-0.3, -0.25) is 4.79 Å². The quantitative estimate of drug-likeness (QED) is 0.774. The lowest BCUT2D eigenvalue weighted by atomic mass is 10.1. The smallest absolute Gasteiger partial charge is 0.265 e. The van der Waals surface area contributed by atoms with Gasteiger partial charge in [-0.15, -0.1) is 0 Å². The molecule has 3 N–H and O–H groups in total. The van der Waals surface area contributed by atoms with Crippen LogP contribution in [0.1, 0.15) is 10.4 Å². The van der Waals surface area contributed by atoms with Crippen LogP contribution in [0.2, 0.25) is 0 Å². The van der Waals surface area contributed by atoms with Crippen LogP contribution in [0.3, 0.4) is 0 Å². The summed E-state index contributed by atoms with van der Waals surface area (Å²) in [5.41, 5.74) is 1.17. The predicted octanol–water partition coefficient (Wildman–Crippen LogP) is 1.52. The highest BCUT2D eigenvalue weighted by Gasteiger charge is 2.18. The second-order valence-electron chi connectivity index (χ2n) is 3.86. The lowest BCUT2D eigenvalue weighted by Crippen LogP contribution is -2.35. The van der Waals surface area contributed by atoms with Crippen molar-refractivity contribution in [2.24, 2.45) is 0 Å². The number of rotatable bonds is 4. The van der Waals surface area contributed by atoms with Crippen molar-refractivity contribution in [2.45, 2.75) is 12.5 Å². The van der Waals surface area contributed by atoms with Crippen LogP contribution in [0.15, 0.2) is 30.5 Å². The summed E-state index contributed by atoms with van der Waals surface area (Å²) in [5, 5.41) is 11.9. The normalized spacial score (nSPS) is 12.9. The molecule has 0 radical (unpaired) electrons. The Morgan fingerprint density at radius 1 is 1.39 bits per heavy atom. The molecule has 1 heterocycles. The maximum absolute atomic E-state index is 12.1. The van der Waals surface area contributed by atoms with E-state index in [4.69, 9.17) is 5.11 Å². The molecular formula is C12H12F2N2O2. The Bertz CT molecular complexity index is 554. The van der Waals surface area contributed by atoms with Crippen molar-refractivity contribution < 1.29 is 18.7 Å². The molecule has 4 nitrogen and oxygen atoms in total. The van der Waals surface area contributed by atoms with E-state index >= 15 is 0 Å². The van der Waals surface area contributed by atoms with E-state index in [-0.39, 0.29) is 0 Å². The number of nitrogens with one attached hydrogen (secondary N) is 2. The van der Waals surface area contributed by atoms with E-state index in [1.165, 1.54) is 0 Å². The number of benzene rings is 1. The number of hydrogen-bond acceptors (Lipinski definition) is 2. The number of amides is 1. The summed E-state index contributed by atoms with van der Waals surface area (Å²) in [6.45, 7) is -0.475. The first-order valence-electron chi connectivity index (χ1n) is 5.40. The monoisotopic (exact) mass is 254 g/mol. The Balaban J connectivity index is 2.12. The lowest BCUT2D eigenvalue weighted by Gasteiger charge is -2.11. The number of carbonyl (C=O) groups is 1. The van der Waals surface area contributed by atoms with Crippen molar-refractivity contribution in [3.8, 4) is 0 Å². The number of H-pyrrole nitrogens is 1. The first-order valence-corrected chi connectivity index (χ1v) is 5.40. The zero-order valence-corrected chi connectivity index (χ0v) is 9.36. The minimum atomic E-state index is -2.87. The van der Waals surface area contributed by atoms with Gasteiger partial charge in [0.05, 0.1) is 0 Å². The Kier molecular flexibility index (Phi) is 3.57. The van der Waals surface area contributed by atoms with Crippen molar-refractivity contribution in [3.63, 3.8) is 0 Å². The van der Waals surface area contributed by atoms with Crippen LogP contribution in [-0.2, 0) is 0 Å². The number of alkyl halides is 2. The average Bonchev–Trinajstić information content (AvgIpc) is 2.83. The van der Waals surface area contributed by atoms with Crippen molar-refractivity contribution in [2.75, 3.05) is 6.54 Å². The lowest BCUT2D eigenvalue weighted by molar-refractivity contribution is -0.00269. The van der Waals surface area contributed by atoms with Crippen LogP contribution >= 0.6 is 0 Å². The van der Waals surface area contributed by atoms with Crippen molar-refractivity contribution in [1.29, 1.82) is 0 Å². The molecule has 0 aliphatic heterocycles. The first kappa shape index (κ1) is 12.5. The fourth-order valence-corrected chi connectivity index (χ4v) is 1.66. The molecule has 0 aliphatic rings. The number of aliphatic hydroxyl groups is 1. The highest BCUT2D eigenvalue weighted by atomic mass is 19.3. The van der Waals surface area contributed by atoms with Gasteiger partial charge in [0.2, 0.25) is 0 Å². The van der Waals surface area contributed by atoms with Crippen LogP contribution < -0.4 is 5.32 Å². The molecule has 1 amide bonds. The predicted molar refractivity (Wildman–Crippen MR) is 62.6 cm³/mol. The maximum Gasteiger partial charge on any atom is 0.265 e. The molecule has 1 aromatic heterocycles. The zero-order chi connectivity index (χ0) is 13.1. The number of carbonyl (C=O) groups excluding carboxylic acids is 1. The second-order valence-corrected chi connectivity index (χ2v) is 3.86. The molecule has 2 rings (SSSR count). The number of aromatic nitrogens is 1. The van der Waals surface area contributed by atoms with E-state index in [0.29, 0.717) is 10.9 Å². The highest BCUT2D eigenvalue weighted by molar-refractivity contribution is 6.06. The van der Waals surface area contributed by atoms with Crippen molar-refractivity contribution in [3.05, 3.63) is 36.0 Å². The third kappa shape index (κ3) is 2.48. The summed E-state index contributed by atoms with van der Waals surface area (Å²) < 4.78 is 24.2. The Morgan fingerprint density at radius 2 is 2.17 bits per heavy atom. The number of aliphatic hydroxyl groups excluding tert-OH is 1. The van der Waals surface area contributed by atoms with E-state index in [1.807, 2.05) is 0 Å². The van der Waals surface area contributed by atoms with Gasteiger partial charge >= 0.3 is 0 Å². The molecule has 6 heteroatoms. The summed E-state index contributed by atoms with van der Waals surface area (Å²) >= 11 is 0. The minimum Gasteiger partial charge on any atom is -0.385 e. The summed E-state index contributed by atoms with van der Waals surface area (Å²) in [4.78, 5) is 14.8. The number of fused-ring (bicyclic) bond motifs is 1. The third-order valence-electron chi connectivity index (χ3n) is 2.60. The van der Waals surface area contributed by atoms with Gasteiger partial charge < -0.3 is 15.4 Å². The molecule has 1 unspecified atom stereocenters. The zero-order valence-electron chi connectivity index (χ0n) is 9.36. The van der Waals surface area contributed by atoms with Gasteiger partial charge in [0.25, 0.3) is 12.3 Å². The largest absolute Gasteiger partial charge is 0.385 e. The van der Waals surface area contributed by atoms with E-state index in [9.17, 15) is 13.6 Å². The number of halogens is 2. The van der Waals surface area contributed by atoms with Gasteiger partial charge in [-0.05, 0) is 18.2 Å². The fraction of sp³-hybridized carbons (Fsp3) is 0.250. The van der Waals surface area contributed by atoms with Crippen molar-refractivity contribution in [1.82, 2.24) is 10.3 Å². The molecular weight excluding hydrogens is 242 g/mol. The molecule has 96 valence electrons. The van der Waals surface area contributed by atoms with Gasteiger partial charge in [-0.2, -0.15) is 0 Å². The average molecular weight is 254 g/mol. The summed E-state index contributed by atoms with van der Waals surface area (Å²) in [6, 6.07) is 6.82. The third-order valence-corrected chi connectivity index (χ3v) is 2.60. The molecule has 0 spiro atoms. The van der Waals surface area contributed by atoms with Gasteiger partial charge in [-0.25, -0.2) is 8.78 Å². The van der Waals surface area contributed by atoms with Gasteiger partial charge in [0, 0.05) is 29.2 Å². The second kappa shape index (κ2) is 5.14. The van der Waals surface area contributed by atoms with Crippen LogP contribution in [0.5, 0.6) is 0 Å². The van der Waals surface area contributed by atoms with E-state index < -0.39 is 25.0 Å². The molecule has 0 bridgehead atoms. The summed E-state index contributed by atoms with van der Waals surface area (Å²) in [6.07, 6.45) is -3.03. The standard InChI is InChI=1S/C12H12F2N2O2/c13-11(14)10(17)6-16-12(18)8-2-1-3-9-7(8)4-5-15-9/h1-5,10-11,15,17H,6H2,(H,16,18). The Morgan fingerprint density at radius 3 is 2.89 bits per heavy atom. The minimum absolute atomic E-state index is 0.384. The van der Waals surface area contributed by atoms with Gasteiger partial charge in [-0.1, -0.05) is 6.07 Å². The SMILES string of the molecule is O=C(NCC(O)C(F)F)c1cccc2[nH]ccc12. The van der Waals surface area contributed by atoms with Gasteiger partial charge in [0.15, 0.2) is 0 Å². The summed E-state index contributed by atoms with van der Waals surface area (Å²) in [7, 11) is 0. The number of hydrogen-bond donors (Lipinski definition) is 3.